The third-order valence-electron chi connectivity index (χ3n) is 4.11. The minimum absolute atomic E-state index is 0.471. The Balaban J connectivity index is 1.55. The fourth-order valence-corrected chi connectivity index (χ4v) is 2.67. The maximum Gasteiger partial charge on any atom is 0.0951 e. The molecular weight excluding hydrogens is 246 g/mol. The summed E-state index contributed by atoms with van der Waals surface area (Å²) in [7, 11) is 0. The third kappa shape index (κ3) is 3.10. The van der Waals surface area contributed by atoms with Gasteiger partial charge in [0.15, 0.2) is 0 Å². The van der Waals surface area contributed by atoms with Gasteiger partial charge in [0.25, 0.3) is 0 Å². The number of aryl methyl sites for hydroxylation is 1. The normalized spacial score (nSPS) is 16.3. The minimum atomic E-state index is 0.471. The molecular formula is C17H23N3. The van der Waals surface area contributed by atoms with Gasteiger partial charge in [0.05, 0.1) is 12.0 Å². The molecule has 1 fully saturated rings. The lowest BCUT2D eigenvalue weighted by Crippen LogP contribution is -2.28. The topological polar surface area (TPSA) is 29.9 Å². The molecule has 3 nitrogen and oxygen atoms in total. The van der Waals surface area contributed by atoms with Gasteiger partial charge in [0.2, 0.25) is 0 Å². The van der Waals surface area contributed by atoms with Crippen LogP contribution in [0.5, 0.6) is 0 Å². The molecule has 0 saturated heterocycles. The summed E-state index contributed by atoms with van der Waals surface area (Å²) < 4.78 is 2.33. The predicted molar refractivity (Wildman–Crippen MR) is 81.7 cm³/mol. The van der Waals surface area contributed by atoms with E-state index in [2.05, 4.69) is 53.0 Å². The lowest BCUT2D eigenvalue weighted by Gasteiger charge is -2.16. The van der Waals surface area contributed by atoms with E-state index in [9.17, 15) is 0 Å². The molecule has 1 heterocycles. The van der Waals surface area contributed by atoms with Crippen LogP contribution in [0, 0.1) is 6.92 Å². The molecule has 1 aliphatic rings. The first kappa shape index (κ1) is 13.4. The van der Waals surface area contributed by atoms with E-state index in [1.54, 1.807) is 0 Å². The molecule has 2 aromatic rings. The number of aromatic nitrogens is 2. The van der Waals surface area contributed by atoms with Gasteiger partial charge in [-0.05, 0) is 44.2 Å². The number of rotatable bonds is 6. The van der Waals surface area contributed by atoms with E-state index in [0.29, 0.717) is 12.1 Å². The molecule has 0 radical (unpaired) electrons. The van der Waals surface area contributed by atoms with Gasteiger partial charge in [-0.2, -0.15) is 0 Å². The van der Waals surface area contributed by atoms with E-state index in [1.165, 1.54) is 29.7 Å². The first-order valence-electron chi connectivity index (χ1n) is 7.52. The average Bonchev–Trinajstić information content (AvgIpc) is 3.18. The zero-order valence-corrected chi connectivity index (χ0v) is 12.3. The monoisotopic (exact) mass is 269 g/mol. The maximum atomic E-state index is 4.28. The van der Waals surface area contributed by atoms with Crippen molar-refractivity contribution in [1.82, 2.24) is 14.9 Å². The smallest absolute Gasteiger partial charge is 0.0951 e. The van der Waals surface area contributed by atoms with Crippen LogP contribution in [-0.4, -0.2) is 15.6 Å². The summed E-state index contributed by atoms with van der Waals surface area (Å²) in [4.78, 5) is 4.28. The van der Waals surface area contributed by atoms with Crippen LogP contribution in [0.25, 0.3) is 0 Å². The summed E-state index contributed by atoms with van der Waals surface area (Å²) in [5.41, 5.74) is 4.12. The van der Waals surface area contributed by atoms with E-state index >= 15 is 0 Å². The van der Waals surface area contributed by atoms with Gasteiger partial charge in [-0.1, -0.05) is 24.3 Å². The summed E-state index contributed by atoms with van der Waals surface area (Å²) in [5, 5.41) is 3.62. The van der Waals surface area contributed by atoms with Crippen molar-refractivity contribution >= 4 is 0 Å². The quantitative estimate of drug-likeness (QED) is 0.872. The molecule has 20 heavy (non-hydrogen) atoms. The summed E-state index contributed by atoms with van der Waals surface area (Å²) in [6.45, 7) is 5.35. The molecule has 1 atom stereocenters. The number of nitrogens with zero attached hydrogens (tertiary/aromatic N) is 2. The molecule has 3 heteroatoms. The summed E-state index contributed by atoms with van der Waals surface area (Å²) in [6, 6.07) is 9.81. The highest BCUT2D eigenvalue weighted by Crippen LogP contribution is 2.35. The van der Waals surface area contributed by atoms with Crippen LogP contribution in [0.1, 0.15) is 42.6 Å². The molecule has 106 valence electrons. The molecule has 1 aliphatic carbocycles. The van der Waals surface area contributed by atoms with Gasteiger partial charge in [-0.15, -0.1) is 0 Å². The van der Waals surface area contributed by atoms with E-state index in [4.69, 9.17) is 0 Å². The van der Waals surface area contributed by atoms with E-state index in [1.807, 2.05) is 12.5 Å². The Morgan fingerprint density at radius 3 is 2.90 bits per heavy atom. The van der Waals surface area contributed by atoms with Crippen LogP contribution < -0.4 is 5.32 Å². The van der Waals surface area contributed by atoms with Gasteiger partial charge in [0, 0.05) is 24.8 Å². The van der Waals surface area contributed by atoms with E-state index in [0.717, 1.165) is 13.0 Å². The van der Waals surface area contributed by atoms with Gasteiger partial charge < -0.3 is 9.88 Å². The molecule has 1 N–H and O–H groups in total. The van der Waals surface area contributed by atoms with Crippen molar-refractivity contribution in [2.45, 2.75) is 51.7 Å². The molecule has 0 bridgehead atoms. The largest absolute Gasteiger partial charge is 0.330 e. The maximum absolute atomic E-state index is 4.28. The highest BCUT2D eigenvalue weighted by Gasteiger charge is 2.25. The van der Waals surface area contributed by atoms with Crippen LogP contribution in [-0.2, 0) is 13.0 Å². The lowest BCUT2D eigenvalue weighted by atomic mass is 10.0. The van der Waals surface area contributed by atoms with Crippen molar-refractivity contribution in [3.8, 4) is 0 Å². The summed E-state index contributed by atoms with van der Waals surface area (Å²) in [6.07, 6.45) is 7.65. The van der Waals surface area contributed by atoms with Crippen molar-refractivity contribution in [2.75, 3.05) is 0 Å². The lowest BCUT2D eigenvalue weighted by molar-refractivity contribution is 0.524. The van der Waals surface area contributed by atoms with Crippen molar-refractivity contribution < 1.29 is 0 Å². The first-order valence-corrected chi connectivity index (χ1v) is 7.52. The highest BCUT2D eigenvalue weighted by molar-refractivity contribution is 5.26. The standard InChI is InChI=1S/C17H23N3/c1-13-5-3-4-6-15(13)9-14(2)19-11-17-10-18-12-20(17)16-7-8-16/h3-6,10,12,14,16,19H,7-9,11H2,1-2H3. The van der Waals surface area contributed by atoms with Crippen molar-refractivity contribution in [3.63, 3.8) is 0 Å². The Kier molecular flexibility index (Phi) is 3.88. The second-order valence-corrected chi connectivity index (χ2v) is 5.94. The zero-order valence-electron chi connectivity index (χ0n) is 12.3. The predicted octanol–water partition coefficient (Wildman–Crippen LogP) is 3.25. The van der Waals surface area contributed by atoms with Crippen LogP contribution in [0.3, 0.4) is 0 Å². The number of hydrogen-bond donors (Lipinski definition) is 1. The molecule has 0 spiro atoms. The first-order chi connectivity index (χ1) is 9.74. The summed E-state index contributed by atoms with van der Waals surface area (Å²) in [5.74, 6) is 0. The SMILES string of the molecule is Cc1ccccc1CC(C)NCc1cncn1C1CC1. The Labute approximate surface area is 121 Å². The average molecular weight is 269 g/mol. The van der Waals surface area contributed by atoms with Crippen LogP contribution in [0.15, 0.2) is 36.8 Å². The Bertz CT molecular complexity index is 569. The van der Waals surface area contributed by atoms with Gasteiger partial charge >= 0.3 is 0 Å². The van der Waals surface area contributed by atoms with Crippen molar-refractivity contribution in [2.24, 2.45) is 0 Å². The van der Waals surface area contributed by atoms with Crippen LogP contribution >= 0.6 is 0 Å². The fourth-order valence-electron chi connectivity index (χ4n) is 2.67. The molecule has 1 saturated carbocycles. The second kappa shape index (κ2) is 5.80. The molecule has 1 aromatic carbocycles. The van der Waals surface area contributed by atoms with Crippen LogP contribution in [0.4, 0.5) is 0 Å². The summed E-state index contributed by atoms with van der Waals surface area (Å²) >= 11 is 0. The van der Waals surface area contributed by atoms with E-state index < -0.39 is 0 Å². The fraction of sp³-hybridized carbons (Fsp3) is 0.471. The molecule has 0 aliphatic heterocycles. The number of benzene rings is 1. The second-order valence-electron chi connectivity index (χ2n) is 5.94. The molecule has 3 rings (SSSR count). The Morgan fingerprint density at radius 2 is 2.15 bits per heavy atom. The van der Waals surface area contributed by atoms with Gasteiger partial charge in [-0.25, -0.2) is 4.98 Å². The number of hydrogen-bond acceptors (Lipinski definition) is 2. The Hall–Kier alpha value is -1.61. The molecule has 1 aromatic heterocycles. The third-order valence-corrected chi connectivity index (χ3v) is 4.11. The van der Waals surface area contributed by atoms with Crippen LogP contribution in [0.2, 0.25) is 0 Å². The van der Waals surface area contributed by atoms with Gasteiger partial charge in [0.1, 0.15) is 0 Å². The zero-order chi connectivity index (χ0) is 13.9. The number of nitrogens with one attached hydrogen (secondary N) is 1. The molecule has 0 amide bonds. The minimum Gasteiger partial charge on any atom is -0.330 e. The Morgan fingerprint density at radius 1 is 1.35 bits per heavy atom. The van der Waals surface area contributed by atoms with Gasteiger partial charge in [-0.3, -0.25) is 0 Å². The molecule has 1 unspecified atom stereocenters. The number of imidazole rings is 1. The van der Waals surface area contributed by atoms with Crippen molar-refractivity contribution in [1.29, 1.82) is 0 Å². The highest BCUT2D eigenvalue weighted by atomic mass is 15.1. The van der Waals surface area contributed by atoms with E-state index in [-0.39, 0.29) is 0 Å². The van der Waals surface area contributed by atoms with Crippen molar-refractivity contribution in [3.05, 3.63) is 53.6 Å².